The number of nitrogens with two attached hydrogens (primary N) is 1. The molecule has 0 aliphatic carbocycles. The lowest BCUT2D eigenvalue weighted by molar-refractivity contribution is -0.138. The lowest BCUT2D eigenvalue weighted by Crippen LogP contribution is -2.30. The molecule has 0 rings (SSSR count). The normalized spacial score (nSPS) is 14.5. The molecule has 0 aromatic heterocycles. The Labute approximate surface area is 66.1 Å². The van der Waals surface area contributed by atoms with Crippen molar-refractivity contribution in [2.24, 2.45) is 5.73 Å². The fourth-order valence-electron chi connectivity index (χ4n) is 0.573. The summed E-state index contributed by atoms with van der Waals surface area (Å²) in [6, 6.07) is -0.872. The largest absolute Gasteiger partial charge is 0.480 e. The molecule has 0 saturated carbocycles. The van der Waals surface area contributed by atoms with Crippen LogP contribution < -0.4 is 5.73 Å². The van der Waals surface area contributed by atoms with Gasteiger partial charge in [0, 0.05) is 6.16 Å². The first-order chi connectivity index (χ1) is 4.83. The van der Waals surface area contributed by atoms with Gasteiger partial charge in [0.25, 0.3) is 0 Å². The van der Waals surface area contributed by atoms with Crippen molar-refractivity contribution in [1.29, 1.82) is 0 Å². The standard InChI is InChI=1S/C6H14NO3P/c1-11(2,10)4-3-5(7)6(8)9/h5H,3-4,7H2,1-2H3,(H,8,9)/t5-/m0/s1. The summed E-state index contributed by atoms with van der Waals surface area (Å²) < 4.78 is 11.1. The van der Waals surface area contributed by atoms with Crippen LogP contribution in [0.15, 0.2) is 0 Å². The molecule has 5 heteroatoms. The number of carboxylic acid groups (broad SMARTS) is 1. The highest BCUT2D eigenvalue weighted by atomic mass is 31.2. The first-order valence-electron chi connectivity index (χ1n) is 3.35. The SMILES string of the molecule is CP(C)(=O)CC[C@H](N)C(=O)O. The van der Waals surface area contributed by atoms with E-state index >= 15 is 0 Å². The lowest BCUT2D eigenvalue weighted by Gasteiger charge is -2.08. The first kappa shape index (κ1) is 10.7. The van der Waals surface area contributed by atoms with Crippen LogP contribution in [0, 0.1) is 0 Å². The predicted octanol–water partition coefficient (Wildman–Crippen LogP) is 0.411. The molecule has 4 nitrogen and oxygen atoms in total. The van der Waals surface area contributed by atoms with Crippen LogP contribution in [0.3, 0.4) is 0 Å². The molecule has 0 heterocycles. The van der Waals surface area contributed by atoms with Crippen molar-refractivity contribution in [1.82, 2.24) is 0 Å². The fraction of sp³-hybridized carbons (Fsp3) is 0.833. The van der Waals surface area contributed by atoms with Gasteiger partial charge < -0.3 is 15.4 Å². The summed E-state index contributed by atoms with van der Waals surface area (Å²) in [5, 5.41) is 8.36. The van der Waals surface area contributed by atoms with Gasteiger partial charge in [-0.3, -0.25) is 4.79 Å². The maximum Gasteiger partial charge on any atom is 0.320 e. The maximum atomic E-state index is 11.1. The summed E-state index contributed by atoms with van der Waals surface area (Å²) in [4.78, 5) is 10.2. The molecular weight excluding hydrogens is 165 g/mol. The quantitative estimate of drug-likeness (QED) is 0.612. The van der Waals surface area contributed by atoms with Gasteiger partial charge in [-0.15, -0.1) is 0 Å². The highest BCUT2D eigenvalue weighted by molar-refractivity contribution is 7.62. The number of hydrogen-bond donors (Lipinski definition) is 2. The zero-order chi connectivity index (χ0) is 9.07. The summed E-state index contributed by atoms with van der Waals surface area (Å²) in [6.07, 6.45) is 0.695. The van der Waals surface area contributed by atoms with Gasteiger partial charge in [0.05, 0.1) is 7.14 Å². The van der Waals surface area contributed by atoms with E-state index in [4.69, 9.17) is 10.8 Å². The lowest BCUT2D eigenvalue weighted by atomic mass is 10.2. The number of hydrogen-bond acceptors (Lipinski definition) is 3. The Morgan fingerprint density at radius 1 is 1.64 bits per heavy atom. The fourth-order valence-corrected chi connectivity index (χ4v) is 1.47. The van der Waals surface area contributed by atoms with E-state index in [0.29, 0.717) is 12.6 Å². The summed E-state index contributed by atoms with van der Waals surface area (Å²) in [5.41, 5.74) is 5.20. The summed E-state index contributed by atoms with van der Waals surface area (Å²) in [6.45, 7) is 3.25. The van der Waals surface area contributed by atoms with Crippen LogP contribution in [-0.2, 0) is 9.36 Å². The third kappa shape index (κ3) is 6.07. The Kier molecular flexibility index (Phi) is 3.76. The maximum absolute atomic E-state index is 11.1. The van der Waals surface area contributed by atoms with Crippen molar-refractivity contribution in [3.05, 3.63) is 0 Å². The van der Waals surface area contributed by atoms with Crippen molar-refractivity contribution in [2.45, 2.75) is 12.5 Å². The van der Waals surface area contributed by atoms with E-state index in [1.165, 1.54) is 0 Å². The highest BCUT2D eigenvalue weighted by Gasteiger charge is 2.15. The van der Waals surface area contributed by atoms with Crippen LogP contribution in [-0.4, -0.2) is 36.6 Å². The van der Waals surface area contributed by atoms with Crippen molar-refractivity contribution in [3.63, 3.8) is 0 Å². The molecular formula is C6H14NO3P. The average Bonchev–Trinajstić information content (AvgIpc) is 1.80. The van der Waals surface area contributed by atoms with E-state index in [9.17, 15) is 9.36 Å². The number of rotatable bonds is 4. The van der Waals surface area contributed by atoms with E-state index in [0.717, 1.165) is 0 Å². The van der Waals surface area contributed by atoms with E-state index in [-0.39, 0.29) is 0 Å². The monoisotopic (exact) mass is 179 g/mol. The molecule has 0 aliphatic rings. The van der Waals surface area contributed by atoms with E-state index < -0.39 is 19.2 Å². The second-order valence-corrected chi connectivity index (χ2v) is 6.63. The summed E-state index contributed by atoms with van der Waals surface area (Å²) >= 11 is 0. The Bertz CT molecular complexity index is 186. The Balaban J connectivity index is 3.72. The zero-order valence-electron chi connectivity index (χ0n) is 6.78. The smallest absolute Gasteiger partial charge is 0.320 e. The van der Waals surface area contributed by atoms with Crippen molar-refractivity contribution >= 4 is 13.1 Å². The second-order valence-electron chi connectivity index (χ2n) is 3.03. The predicted molar refractivity (Wildman–Crippen MR) is 44.5 cm³/mol. The van der Waals surface area contributed by atoms with Crippen molar-refractivity contribution < 1.29 is 14.5 Å². The molecule has 1 atom stereocenters. The minimum atomic E-state index is -2.10. The molecule has 0 aromatic carbocycles. The Morgan fingerprint density at radius 3 is 2.36 bits per heavy atom. The van der Waals surface area contributed by atoms with Gasteiger partial charge in [-0.2, -0.15) is 0 Å². The molecule has 0 amide bonds. The number of aliphatic carboxylic acids is 1. The molecule has 3 N–H and O–H groups in total. The Hall–Kier alpha value is -0.340. The van der Waals surface area contributed by atoms with Gasteiger partial charge in [0.1, 0.15) is 6.04 Å². The second kappa shape index (κ2) is 3.88. The van der Waals surface area contributed by atoms with Crippen LogP contribution in [0.4, 0.5) is 0 Å². The number of carboxylic acids is 1. The molecule has 0 aliphatic heterocycles. The first-order valence-corrected chi connectivity index (χ1v) is 6.14. The molecule has 0 unspecified atom stereocenters. The van der Waals surface area contributed by atoms with Crippen LogP contribution in [0.5, 0.6) is 0 Å². The van der Waals surface area contributed by atoms with Gasteiger partial charge in [0.2, 0.25) is 0 Å². The van der Waals surface area contributed by atoms with E-state index in [1.807, 2.05) is 0 Å². The van der Waals surface area contributed by atoms with Crippen LogP contribution in [0.1, 0.15) is 6.42 Å². The molecule has 0 saturated heterocycles. The number of carbonyl (C=O) groups is 1. The highest BCUT2D eigenvalue weighted by Crippen LogP contribution is 2.36. The van der Waals surface area contributed by atoms with Gasteiger partial charge in [-0.05, 0) is 19.8 Å². The van der Waals surface area contributed by atoms with E-state index in [1.54, 1.807) is 13.3 Å². The van der Waals surface area contributed by atoms with Crippen molar-refractivity contribution in [3.8, 4) is 0 Å². The topological polar surface area (TPSA) is 80.4 Å². The summed E-state index contributed by atoms with van der Waals surface area (Å²) in [7, 11) is -2.10. The average molecular weight is 179 g/mol. The third-order valence-corrected chi connectivity index (χ3v) is 2.63. The minimum absolute atomic E-state index is 0.291. The van der Waals surface area contributed by atoms with Gasteiger partial charge in [0.15, 0.2) is 0 Å². The summed E-state index contributed by atoms with van der Waals surface area (Å²) in [5.74, 6) is -1.03. The molecule has 0 spiro atoms. The van der Waals surface area contributed by atoms with Gasteiger partial charge >= 0.3 is 5.97 Å². The van der Waals surface area contributed by atoms with Crippen molar-refractivity contribution in [2.75, 3.05) is 19.5 Å². The molecule has 0 fully saturated rings. The van der Waals surface area contributed by atoms with Crippen LogP contribution >= 0.6 is 7.14 Å². The van der Waals surface area contributed by atoms with E-state index in [2.05, 4.69) is 0 Å². The third-order valence-electron chi connectivity index (χ3n) is 1.30. The van der Waals surface area contributed by atoms with Crippen LogP contribution in [0.2, 0.25) is 0 Å². The molecule has 11 heavy (non-hydrogen) atoms. The molecule has 66 valence electrons. The van der Waals surface area contributed by atoms with Crippen LogP contribution in [0.25, 0.3) is 0 Å². The van der Waals surface area contributed by atoms with Gasteiger partial charge in [-0.25, -0.2) is 0 Å². The molecule has 0 bridgehead atoms. The molecule has 0 radical (unpaired) electrons. The zero-order valence-corrected chi connectivity index (χ0v) is 7.67. The molecule has 0 aromatic rings. The van der Waals surface area contributed by atoms with Gasteiger partial charge in [-0.1, -0.05) is 0 Å². The Morgan fingerprint density at radius 2 is 2.09 bits per heavy atom. The minimum Gasteiger partial charge on any atom is -0.480 e.